The number of benzene rings is 3. The van der Waals surface area contributed by atoms with Crippen LogP contribution in [0.1, 0.15) is 30.5 Å². The standard InChI is InChI=1S/C27H21N3/c1-27(2)22-10-4-7-13-25(22)30(26-14-8-5-11-23(26)27)24-12-6-3-9-21(24)20-15-16-29-18-19(20)17-28/h3-16,18H,1-2H3. The van der Waals surface area contributed by atoms with Crippen molar-refractivity contribution in [3.8, 4) is 17.2 Å². The number of anilines is 3. The number of fused-ring (bicyclic) bond motifs is 2. The van der Waals surface area contributed by atoms with Gasteiger partial charge in [0.2, 0.25) is 0 Å². The van der Waals surface area contributed by atoms with Crippen molar-refractivity contribution in [1.29, 1.82) is 5.26 Å². The van der Waals surface area contributed by atoms with Gasteiger partial charge in [0.25, 0.3) is 0 Å². The second kappa shape index (κ2) is 6.86. The predicted molar refractivity (Wildman–Crippen MR) is 121 cm³/mol. The monoisotopic (exact) mass is 387 g/mol. The highest BCUT2D eigenvalue weighted by atomic mass is 15.2. The fraction of sp³-hybridized carbons (Fsp3) is 0.111. The average Bonchev–Trinajstić information content (AvgIpc) is 2.80. The summed E-state index contributed by atoms with van der Waals surface area (Å²) in [4.78, 5) is 6.46. The van der Waals surface area contributed by atoms with Crippen molar-refractivity contribution in [2.45, 2.75) is 19.3 Å². The number of pyridine rings is 1. The lowest BCUT2D eigenvalue weighted by molar-refractivity contribution is 0.632. The van der Waals surface area contributed by atoms with Crippen molar-refractivity contribution < 1.29 is 0 Å². The first-order valence-electron chi connectivity index (χ1n) is 10.1. The van der Waals surface area contributed by atoms with Crippen molar-refractivity contribution in [3.63, 3.8) is 0 Å². The summed E-state index contributed by atoms with van der Waals surface area (Å²) in [7, 11) is 0. The quantitative estimate of drug-likeness (QED) is 0.383. The molecule has 4 aromatic rings. The summed E-state index contributed by atoms with van der Waals surface area (Å²) in [6.07, 6.45) is 3.38. The van der Waals surface area contributed by atoms with Gasteiger partial charge in [-0.05, 0) is 35.4 Å². The minimum atomic E-state index is -0.104. The van der Waals surface area contributed by atoms with E-state index in [2.05, 4.69) is 96.5 Å². The van der Waals surface area contributed by atoms with E-state index >= 15 is 0 Å². The van der Waals surface area contributed by atoms with Gasteiger partial charge in [-0.25, -0.2) is 0 Å². The van der Waals surface area contributed by atoms with Crippen molar-refractivity contribution in [3.05, 3.63) is 108 Å². The van der Waals surface area contributed by atoms with Crippen LogP contribution in [-0.2, 0) is 5.41 Å². The molecule has 0 unspecified atom stereocenters. The van der Waals surface area contributed by atoms with Crippen LogP contribution in [0.4, 0.5) is 17.1 Å². The minimum absolute atomic E-state index is 0.104. The normalized spacial score (nSPS) is 13.8. The van der Waals surface area contributed by atoms with E-state index < -0.39 is 0 Å². The molecule has 30 heavy (non-hydrogen) atoms. The highest BCUT2D eigenvalue weighted by molar-refractivity contribution is 5.93. The summed E-state index contributed by atoms with van der Waals surface area (Å²) >= 11 is 0. The Kier molecular flexibility index (Phi) is 4.15. The smallest absolute Gasteiger partial charge is 0.101 e. The highest BCUT2D eigenvalue weighted by Gasteiger charge is 2.37. The molecule has 5 rings (SSSR count). The van der Waals surface area contributed by atoms with Gasteiger partial charge in [0.1, 0.15) is 6.07 Å². The van der Waals surface area contributed by atoms with Crippen LogP contribution in [-0.4, -0.2) is 4.98 Å². The number of nitriles is 1. The van der Waals surface area contributed by atoms with Gasteiger partial charge in [-0.2, -0.15) is 5.26 Å². The summed E-state index contributed by atoms with van der Waals surface area (Å²) in [6, 6.07) is 29.7. The third-order valence-electron chi connectivity index (χ3n) is 6.01. The van der Waals surface area contributed by atoms with Gasteiger partial charge in [-0.3, -0.25) is 4.98 Å². The van der Waals surface area contributed by atoms with Gasteiger partial charge in [-0.1, -0.05) is 68.4 Å². The lowest BCUT2D eigenvalue weighted by Crippen LogP contribution is -2.30. The molecule has 2 heterocycles. The molecule has 1 aromatic heterocycles. The molecule has 3 aromatic carbocycles. The molecular formula is C27H21N3. The lowest BCUT2D eigenvalue weighted by atomic mass is 9.73. The number of hydrogen-bond acceptors (Lipinski definition) is 3. The molecule has 0 N–H and O–H groups in total. The Bertz CT molecular complexity index is 1250. The third kappa shape index (κ3) is 2.62. The molecule has 1 aliphatic heterocycles. The minimum Gasteiger partial charge on any atom is -0.309 e. The molecule has 144 valence electrons. The molecule has 1 aliphatic rings. The van der Waals surface area contributed by atoms with Crippen LogP contribution in [0.25, 0.3) is 11.1 Å². The van der Waals surface area contributed by atoms with E-state index in [-0.39, 0.29) is 5.41 Å². The molecule has 0 fully saturated rings. The van der Waals surface area contributed by atoms with E-state index in [1.165, 1.54) is 22.5 Å². The van der Waals surface area contributed by atoms with Crippen molar-refractivity contribution in [2.75, 3.05) is 4.90 Å². The topological polar surface area (TPSA) is 39.9 Å². The van der Waals surface area contributed by atoms with Crippen molar-refractivity contribution in [2.24, 2.45) is 0 Å². The van der Waals surface area contributed by atoms with Crippen LogP contribution in [0.15, 0.2) is 91.3 Å². The summed E-state index contributed by atoms with van der Waals surface area (Å²) in [5, 5.41) is 9.66. The predicted octanol–water partition coefficient (Wildman–Crippen LogP) is 6.73. The van der Waals surface area contributed by atoms with Gasteiger partial charge in [0, 0.05) is 28.9 Å². The molecule has 0 saturated heterocycles. The number of aromatic nitrogens is 1. The van der Waals surface area contributed by atoms with Gasteiger partial charge >= 0.3 is 0 Å². The fourth-order valence-electron chi connectivity index (χ4n) is 4.54. The number of rotatable bonds is 2. The molecule has 0 aliphatic carbocycles. The van der Waals surface area contributed by atoms with Crippen molar-refractivity contribution >= 4 is 17.1 Å². The summed E-state index contributed by atoms with van der Waals surface area (Å²) in [6.45, 7) is 4.56. The maximum absolute atomic E-state index is 9.66. The second-order valence-corrected chi connectivity index (χ2v) is 8.04. The first-order chi connectivity index (χ1) is 14.6. The van der Waals surface area contributed by atoms with Gasteiger partial charge in [0.05, 0.1) is 22.6 Å². The van der Waals surface area contributed by atoms with E-state index in [0.717, 1.165) is 16.8 Å². The Morgan fingerprint density at radius 3 is 1.93 bits per heavy atom. The Labute approximate surface area is 176 Å². The van der Waals surface area contributed by atoms with Crippen LogP contribution >= 0.6 is 0 Å². The van der Waals surface area contributed by atoms with Gasteiger partial charge < -0.3 is 4.90 Å². The van der Waals surface area contributed by atoms with E-state index in [0.29, 0.717) is 5.56 Å². The maximum atomic E-state index is 9.66. The molecule has 3 nitrogen and oxygen atoms in total. The zero-order valence-electron chi connectivity index (χ0n) is 17.0. The Morgan fingerprint density at radius 1 is 0.733 bits per heavy atom. The van der Waals surface area contributed by atoms with Crippen LogP contribution in [0.3, 0.4) is 0 Å². The molecule has 0 amide bonds. The van der Waals surface area contributed by atoms with E-state index in [1.54, 1.807) is 12.4 Å². The van der Waals surface area contributed by atoms with Crippen LogP contribution in [0, 0.1) is 11.3 Å². The zero-order chi connectivity index (χ0) is 20.7. The molecule has 0 bridgehead atoms. The Morgan fingerprint density at radius 2 is 1.30 bits per heavy atom. The molecule has 0 atom stereocenters. The van der Waals surface area contributed by atoms with E-state index in [9.17, 15) is 5.26 Å². The largest absolute Gasteiger partial charge is 0.309 e. The lowest BCUT2D eigenvalue weighted by Gasteiger charge is -2.42. The summed E-state index contributed by atoms with van der Waals surface area (Å²) < 4.78 is 0. The van der Waals surface area contributed by atoms with Crippen molar-refractivity contribution in [1.82, 2.24) is 4.98 Å². The van der Waals surface area contributed by atoms with Crippen LogP contribution in [0.2, 0.25) is 0 Å². The van der Waals surface area contributed by atoms with E-state index in [4.69, 9.17) is 0 Å². The Hall–Kier alpha value is -3.90. The zero-order valence-corrected chi connectivity index (χ0v) is 17.0. The summed E-state index contributed by atoms with van der Waals surface area (Å²) in [5.41, 5.74) is 8.33. The Balaban J connectivity index is 1.83. The fourth-order valence-corrected chi connectivity index (χ4v) is 4.54. The maximum Gasteiger partial charge on any atom is 0.101 e. The van der Waals surface area contributed by atoms with Gasteiger partial charge in [0.15, 0.2) is 0 Å². The van der Waals surface area contributed by atoms with Crippen LogP contribution < -0.4 is 4.90 Å². The molecule has 0 radical (unpaired) electrons. The van der Waals surface area contributed by atoms with Gasteiger partial charge in [-0.15, -0.1) is 0 Å². The number of hydrogen-bond donors (Lipinski definition) is 0. The van der Waals surface area contributed by atoms with Crippen LogP contribution in [0.5, 0.6) is 0 Å². The van der Waals surface area contributed by atoms with E-state index in [1.807, 2.05) is 12.1 Å². The average molecular weight is 387 g/mol. The second-order valence-electron chi connectivity index (χ2n) is 8.04. The SMILES string of the molecule is CC1(C)c2ccccc2N(c2ccccc2-c2ccncc2C#N)c2ccccc21. The first-order valence-corrected chi connectivity index (χ1v) is 10.1. The molecule has 0 spiro atoms. The third-order valence-corrected chi connectivity index (χ3v) is 6.01. The highest BCUT2D eigenvalue weighted by Crippen LogP contribution is 2.53. The first kappa shape index (κ1) is 18.1. The molecule has 3 heteroatoms. The molecule has 0 saturated carbocycles. The molecular weight excluding hydrogens is 366 g/mol. The summed E-state index contributed by atoms with van der Waals surface area (Å²) in [5.74, 6) is 0. The number of para-hydroxylation sites is 3. The number of nitrogens with zero attached hydrogens (tertiary/aromatic N) is 3.